The number of benzene rings is 1. The predicted molar refractivity (Wildman–Crippen MR) is 69.8 cm³/mol. The van der Waals surface area contributed by atoms with E-state index in [0.717, 1.165) is 24.0 Å². The predicted octanol–water partition coefficient (Wildman–Crippen LogP) is 2.51. The molecule has 1 heterocycles. The minimum Gasteiger partial charge on any atom is -0.307 e. The van der Waals surface area contributed by atoms with Gasteiger partial charge in [0.1, 0.15) is 11.9 Å². The average Bonchev–Trinajstić information content (AvgIpc) is 3.06. The third-order valence-corrected chi connectivity index (χ3v) is 3.69. The van der Waals surface area contributed by atoms with Crippen molar-refractivity contribution in [3.05, 3.63) is 34.9 Å². The van der Waals surface area contributed by atoms with Gasteiger partial charge in [0, 0.05) is 6.04 Å². The molecule has 1 aromatic rings. The molecule has 2 fully saturated rings. The first-order chi connectivity index (χ1) is 8.58. The number of urea groups is 1. The third-order valence-electron chi connectivity index (χ3n) is 3.69. The summed E-state index contributed by atoms with van der Waals surface area (Å²) in [7, 11) is 0. The van der Waals surface area contributed by atoms with Crippen LogP contribution < -0.4 is 5.32 Å². The first kappa shape index (κ1) is 11.3. The van der Waals surface area contributed by atoms with Crippen LogP contribution in [0.15, 0.2) is 18.2 Å². The van der Waals surface area contributed by atoms with Gasteiger partial charge in [0.15, 0.2) is 0 Å². The van der Waals surface area contributed by atoms with Crippen LogP contribution in [-0.2, 0) is 0 Å². The molecule has 0 bridgehead atoms. The minimum atomic E-state index is -0.217. The molecule has 0 radical (unpaired) electrons. The Morgan fingerprint density at radius 2 is 2.06 bits per heavy atom. The third kappa shape index (κ3) is 1.68. The molecule has 4 heteroatoms. The number of amides is 2. The van der Waals surface area contributed by atoms with E-state index in [2.05, 4.69) is 18.3 Å². The number of nitrogens with one attached hydrogen (secondary N) is 2. The normalized spacial score (nSPS) is 23.4. The number of hydrogen-bond acceptors (Lipinski definition) is 2. The lowest BCUT2D eigenvalue weighted by Gasteiger charge is -2.24. The van der Waals surface area contributed by atoms with Gasteiger partial charge in [0.25, 0.3) is 0 Å². The van der Waals surface area contributed by atoms with Gasteiger partial charge in [-0.2, -0.15) is 0 Å². The number of amidine groups is 1. The molecule has 2 aliphatic rings. The quantitative estimate of drug-likeness (QED) is 0.823. The smallest absolute Gasteiger partial charge is 0.307 e. The van der Waals surface area contributed by atoms with Gasteiger partial charge in [0.05, 0.1) is 0 Å². The van der Waals surface area contributed by atoms with Crippen LogP contribution in [0.25, 0.3) is 0 Å². The number of hydrogen-bond donors (Lipinski definition) is 2. The summed E-state index contributed by atoms with van der Waals surface area (Å²) in [5, 5.41) is 10.7. The Hall–Kier alpha value is -1.84. The average molecular weight is 243 g/mol. The second-order valence-corrected chi connectivity index (χ2v) is 5.24. The highest BCUT2D eigenvalue weighted by Crippen LogP contribution is 2.38. The zero-order valence-corrected chi connectivity index (χ0v) is 10.7. The van der Waals surface area contributed by atoms with Crippen LogP contribution in [0, 0.1) is 19.3 Å². The van der Waals surface area contributed by atoms with Gasteiger partial charge in [-0.05, 0) is 37.8 Å². The summed E-state index contributed by atoms with van der Waals surface area (Å²) in [5.74, 6) is 0.304. The Bertz CT molecular complexity index is 534. The Kier molecular flexibility index (Phi) is 2.40. The van der Waals surface area contributed by atoms with E-state index in [1.54, 1.807) is 0 Å². The van der Waals surface area contributed by atoms with Gasteiger partial charge in [-0.3, -0.25) is 10.7 Å². The van der Waals surface area contributed by atoms with Crippen molar-refractivity contribution in [3.8, 4) is 0 Å². The highest BCUT2D eigenvalue weighted by Gasteiger charge is 2.45. The summed E-state index contributed by atoms with van der Waals surface area (Å²) >= 11 is 0. The molecule has 2 N–H and O–H groups in total. The standard InChI is InChI=1S/C14H17N3O/c1-8-3-6-11(9(2)7-8)12-13(15)16-14(18)17(12)10-4-5-10/h3,6-7,10,12H,4-5H2,1-2H3,(H2,15,16,18). The van der Waals surface area contributed by atoms with Crippen molar-refractivity contribution in [2.24, 2.45) is 0 Å². The van der Waals surface area contributed by atoms with E-state index in [-0.39, 0.29) is 12.1 Å². The second kappa shape index (κ2) is 3.83. The molecule has 1 atom stereocenters. The fraction of sp³-hybridized carbons (Fsp3) is 0.429. The molecule has 1 aliphatic heterocycles. The molecule has 1 saturated heterocycles. The maximum absolute atomic E-state index is 11.9. The van der Waals surface area contributed by atoms with E-state index in [4.69, 9.17) is 5.41 Å². The molecule has 1 aromatic carbocycles. The van der Waals surface area contributed by atoms with Crippen LogP contribution in [0.4, 0.5) is 4.79 Å². The Morgan fingerprint density at radius 1 is 1.33 bits per heavy atom. The molecule has 18 heavy (non-hydrogen) atoms. The number of carbonyl (C=O) groups is 1. The van der Waals surface area contributed by atoms with E-state index in [1.807, 2.05) is 24.0 Å². The highest BCUT2D eigenvalue weighted by atomic mass is 16.2. The summed E-state index contributed by atoms with van der Waals surface area (Å²) < 4.78 is 0. The molecule has 0 aromatic heterocycles. The Balaban J connectivity index is 2.02. The fourth-order valence-corrected chi connectivity index (χ4v) is 2.67. The molecule has 2 amide bonds. The summed E-state index contributed by atoms with van der Waals surface area (Å²) in [5.41, 5.74) is 3.42. The summed E-state index contributed by atoms with van der Waals surface area (Å²) in [6.45, 7) is 4.10. The molecule has 3 rings (SSSR count). The molecule has 1 unspecified atom stereocenters. The van der Waals surface area contributed by atoms with Crippen LogP contribution in [0.3, 0.4) is 0 Å². The molecule has 0 spiro atoms. The molecule has 1 aliphatic carbocycles. The van der Waals surface area contributed by atoms with E-state index in [9.17, 15) is 4.79 Å². The van der Waals surface area contributed by atoms with Crippen LogP contribution in [0.2, 0.25) is 0 Å². The fourth-order valence-electron chi connectivity index (χ4n) is 2.67. The summed E-state index contributed by atoms with van der Waals surface area (Å²) in [4.78, 5) is 13.7. The Morgan fingerprint density at radius 3 is 2.67 bits per heavy atom. The van der Waals surface area contributed by atoms with Crippen LogP contribution in [0.1, 0.15) is 35.6 Å². The first-order valence-corrected chi connectivity index (χ1v) is 6.33. The van der Waals surface area contributed by atoms with Gasteiger partial charge >= 0.3 is 6.03 Å². The lowest BCUT2D eigenvalue weighted by Crippen LogP contribution is -2.32. The molecular weight excluding hydrogens is 226 g/mol. The number of aryl methyl sites for hydroxylation is 2. The van der Waals surface area contributed by atoms with Gasteiger partial charge in [-0.25, -0.2) is 4.79 Å². The summed E-state index contributed by atoms with van der Waals surface area (Å²) in [6, 6.07) is 6.18. The van der Waals surface area contributed by atoms with Crippen molar-refractivity contribution in [1.82, 2.24) is 10.2 Å². The summed E-state index contributed by atoms with van der Waals surface area (Å²) in [6.07, 6.45) is 2.12. The maximum atomic E-state index is 11.9. The number of nitrogens with zero attached hydrogens (tertiary/aromatic N) is 1. The van der Waals surface area contributed by atoms with Crippen molar-refractivity contribution in [1.29, 1.82) is 5.41 Å². The van der Waals surface area contributed by atoms with Crippen molar-refractivity contribution in [2.45, 2.75) is 38.8 Å². The molecular formula is C14H17N3O. The lowest BCUT2D eigenvalue weighted by molar-refractivity contribution is 0.202. The number of rotatable bonds is 2. The molecule has 1 saturated carbocycles. The first-order valence-electron chi connectivity index (χ1n) is 6.33. The second-order valence-electron chi connectivity index (χ2n) is 5.24. The van der Waals surface area contributed by atoms with Crippen LogP contribution in [-0.4, -0.2) is 22.8 Å². The SMILES string of the molecule is Cc1ccc(C2C(=N)NC(=O)N2C2CC2)c(C)c1. The van der Waals surface area contributed by atoms with Gasteiger partial charge in [-0.15, -0.1) is 0 Å². The minimum absolute atomic E-state index is 0.118. The molecule has 4 nitrogen and oxygen atoms in total. The van der Waals surface area contributed by atoms with Crippen LogP contribution in [0.5, 0.6) is 0 Å². The highest BCUT2D eigenvalue weighted by molar-refractivity contribution is 6.06. The zero-order valence-electron chi connectivity index (χ0n) is 10.7. The van der Waals surface area contributed by atoms with Gasteiger partial charge < -0.3 is 4.90 Å². The van der Waals surface area contributed by atoms with E-state index in [1.165, 1.54) is 5.56 Å². The van der Waals surface area contributed by atoms with E-state index < -0.39 is 0 Å². The topological polar surface area (TPSA) is 56.2 Å². The maximum Gasteiger partial charge on any atom is 0.323 e. The van der Waals surface area contributed by atoms with Gasteiger partial charge in [-0.1, -0.05) is 23.8 Å². The molecule has 94 valence electrons. The monoisotopic (exact) mass is 243 g/mol. The number of carbonyl (C=O) groups excluding carboxylic acids is 1. The zero-order chi connectivity index (χ0) is 12.9. The van der Waals surface area contributed by atoms with Crippen molar-refractivity contribution in [2.75, 3.05) is 0 Å². The van der Waals surface area contributed by atoms with Gasteiger partial charge in [0.2, 0.25) is 0 Å². The van der Waals surface area contributed by atoms with Crippen molar-refractivity contribution < 1.29 is 4.79 Å². The largest absolute Gasteiger partial charge is 0.323 e. The van der Waals surface area contributed by atoms with Crippen molar-refractivity contribution >= 4 is 11.9 Å². The Labute approximate surface area is 106 Å². The lowest BCUT2D eigenvalue weighted by atomic mass is 9.98. The van der Waals surface area contributed by atoms with Crippen molar-refractivity contribution in [3.63, 3.8) is 0 Å². The van der Waals surface area contributed by atoms with E-state index >= 15 is 0 Å². The van der Waals surface area contributed by atoms with E-state index in [0.29, 0.717) is 11.9 Å². The van der Waals surface area contributed by atoms with Crippen LogP contribution >= 0.6 is 0 Å².